The van der Waals surface area contributed by atoms with E-state index in [1.807, 2.05) is 30.3 Å². The van der Waals surface area contributed by atoms with Gasteiger partial charge in [0.05, 0.1) is 11.4 Å². The predicted molar refractivity (Wildman–Crippen MR) is 101 cm³/mol. The van der Waals surface area contributed by atoms with E-state index in [2.05, 4.69) is 15.2 Å². The van der Waals surface area contributed by atoms with Gasteiger partial charge in [0.1, 0.15) is 0 Å². The summed E-state index contributed by atoms with van der Waals surface area (Å²) in [5, 5.41) is 18.3. The maximum atomic E-state index is 12.8. The maximum absolute atomic E-state index is 12.8. The molecular weight excluding hydrogens is 368 g/mol. The van der Waals surface area contributed by atoms with Crippen LogP contribution in [0.5, 0.6) is 5.88 Å². The largest absolute Gasteiger partial charge is 0.491 e. The van der Waals surface area contributed by atoms with Crippen LogP contribution in [0, 0.1) is 6.92 Å². The molecule has 0 fully saturated rings. The molecule has 0 atom stereocenters. The number of hydrogen-bond donors (Lipinski definition) is 1. The van der Waals surface area contributed by atoms with Crippen molar-refractivity contribution in [2.75, 3.05) is 5.75 Å². The fourth-order valence-corrected chi connectivity index (χ4v) is 3.84. The molecule has 9 nitrogen and oxygen atoms in total. The van der Waals surface area contributed by atoms with Gasteiger partial charge in [0, 0.05) is 19.3 Å². The summed E-state index contributed by atoms with van der Waals surface area (Å²) < 4.78 is 4.57. The SMILES string of the molecule is Cc1c(N=Nc2c(O)nc3n(c2=O)CCS3)c(=O)n(-c2ccccc2)n1C. The van der Waals surface area contributed by atoms with Gasteiger partial charge in [-0.15, -0.1) is 10.2 Å². The molecule has 1 aliphatic rings. The average Bonchev–Trinajstić information content (AvgIpc) is 3.20. The first kappa shape index (κ1) is 17.3. The van der Waals surface area contributed by atoms with Crippen molar-refractivity contribution in [2.45, 2.75) is 18.6 Å². The molecule has 27 heavy (non-hydrogen) atoms. The number of nitrogens with zero attached hydrogens (tertiary/aromatic N) is 6. The maximum Gasteiger partial charge on any atom is 0.299 e. The van der Waals surface area contributed by atoms with Crippen LogP contribution in [0.4, 0.5) is 11.4 Å². The minimum Gasteiger partial charge on any atom is -0.491 e. The monoisotopic (exact) mass is 384 g/mol. The Hall–Kier alpha value is -3.14. The van der Waals surface area contributed by atoms with Crippen molar-refractivity contribution >= 4 is 23.1 Å². The van der Waals surface area contributed by atoms with E-state index in [1.165, 1.54) is 21.0 Å². The molecule has 10 heteroatoms. The molecule has 1 N–H and O–H groups in total. The van der Waals surface area contributed by atoms with Crippen molar-refractivity contribution in [3.63, 3.8) is 0 Å². The summed E-state index contributed by atoms with van der Waals surface area (Å²) in [5.74, 6) is 0.225. The molecule has 0 saturated carbocycles. The van der Waals surface area contributed by atoms with Gasteiger partial charge < -0.3 is 5.11 Å². The lowest BCUT2D eigenvalue weighted by molar-refractivity contribution is 0.438. The molecule has 3 aromatic rings. The summed E-state index contributed by atoms with van der Waals surface area (Å²) in [7, 11) is 1.74. The van der Waals surface area contributed by atoms with Gasteiger partial charge in [-0.3, -0.25) is 18.8 Å². The van der Waals surface area contributed by atoms with Crippen molar-refractivity contribution in [1.29, 1.82) is 0 Å². The standard InChI is InChI=1S/C17H16N6O3S/c1-10-12(16(26)23(21(10)2)11-6-4-3-5-7-11)19-20-13-14(24)18-17-22(15(13)25)8-9-27-17/h3-7,24H,8-9H2,1-2H3. The molecule has 0 radical (unpaired) electrons. The van der Waals surface area contributed by atoms with Gasteiger partial charge in [0.15, 0.2) is 10.8 Å². The summed E-state index contributed by atoms with van der Waals surface area (Å²) in [6.45, 7) is 2.24. The van der Waals surface area contributed by atoms with E-state index in [0.717, 1.165) is 0 Å². The Balaban J connectivity index is 1.81. The molecule has 0 saturated heterocycles. The fraction of sp³-hybridized carbons (Fsp3) is 0.235. The lowest BCUT2D eigenvalue weighted by Crippen LogP contribution is -2.20. The Morgan fingerprint density at radius 3 is 2.56 bits per heavy atom. The van der Waals surface area contributed by atoms with E-state index in [9.17, 15) is 14.7 Å². The number of azo groups is 1. The van der Waals surface area contributed by atoms with Crippen LogP contribution in [0.15, 0.2) is 55.3 Å². The number of fused-ring (bicyclic) bond motifs is 1. The highest BCUT2D eigenvalue weighted by atomic mass is 32.2. The van der Waals surface area contributed by atoms with E-state index in [-0.39, 0.29) is 16.9 Å². The molecule has 1 aromatic carbocycles. The lowest BCUT2D eigenvalue weighted by Gasteiger charge is -2.07. The Morgan fingerprint density at radius 1 is 1.11 bits per heavy atom. The first-order chi connectivity index (χ1) is 13.0. The highest BCUT2D eigenvalue weighted by molar-refractivity contribution is 7.99. The third-order valence-corrected chi connectivity index (χ3v) is 5.37. The third-order valence-electron chi connectivity index (χ3n) is 4.41. The van der Waals surface area contributed by atoms with Crippen LogP contribution in [-0.4, -0.2) is 29.8 Å². The van der Waals surface area contributed by atoms with Crippen LogP contribution in [0.2, 0.25) is 0 Å². The van der Waals surface area contributed by atoms with Crippen LogP contribution in [0.25, 0.3) is 5.69 Å². The molecule has 0 unspecified atom stereocenters. The van der Waals surface area contributed by atoms with Crippen molar-refractivity contribution in [1.82, 2.24) is 18.9 Å². The Bertz CT molecular complexity index is 1180. The van der Waals surface area contributed by atoms with Crippen molar-refractivity contribution < 1.29 is 5.11 Å². The van der Waals surface area contributed by atoms with E-state index >= 15 is 0 Å². The number of benzene rings is 1. The molecule has 138 valence electrons. The molecule has 3 heterocycles. The van der Waals surface area contributed by atoms with Crippen molar-refractivity contribution in [3.8, 4) is 11.6 Å². The summed E-state index contributed by atoms with van der Waals surface area (Å²) >= 11 is 1.39. The lowest BCUT2D eigenvalue weighted by atomic mass is 10.3. The summed E-state index contributed by atoms with van der Waals surface area (Å²) in [4.78, 5) is 29.3. The Kier molecular flexibility index (Phi) is 4.19. The highest BCUT2D eigenvalue weighted by Crippen LogP contribution is 2.29. The zero-order chi connectivity index (χ0) is 19.1. The molecule has 0 amide bonds. The summed E-state index contributed by atoms with van der Waals surface area (Å²) in [6, 6.07) is 9.14. The quantitative estimate of drug-likeness (QED) is 0.551. The van der Waals surface area contributed by atoms with Crippen molar-refractivity contribution in [2.24, 2.45) is 17.3 Å². The predicted octanol–water partition coefficient (Wildman–Crippen LogP) is 2.27. The van der Waals surface area contributed by atoms with Gasteiger partial charge in [-0.1, -0.05) is 30.0 Å². The zero-order valence-electron chi connectivity index (χ0n) is 14.7. The first-order valence-corrected chi connectivity index (χ1v) is 9.20. The second kappa shape index (κ2) is 6.54. The van der Waals surface area contributed by atoms with Gasteiger partial charge in [0.2, 0.25) is 11.6 Å². The summed E-state index contributed by atoms with van der Waals surface area (Å²) in [6.07, 6.45) is 0. The van der Waals surface area contributed by atoms with Gasteiger partial charge in [-0.2, -0.15) is 4.98 Å². The third kappa shape index (κ3) is 2.78. The van der Waals surface area contributed by atoms with Gasteiger partial charge >= 0.3 is 0 Å². The molecule has 1 aliphatic heterocycles. The Morgan fingerprint density at radius 2 is 1.81 bits per heavy atom. The van der Waals surface area contributed by atoms with E-state index in [4.69, 9.17) is 0 Å². The normalized spacial score (nSPS) is 13.4. The Labute approximate surface area is 157 Å². The van der Waals surface area contributed by atoms with Crippen LogP contribution < -0.4 is 11.1 Å². The molecule has 4 rings (SSSR count). The number of hydrogen-bond acceptors (Lipinski definition) is 7. The number of aromatic hydroxyl groups is 1. The average molecular weight is 384 g/mol. The summed E-state index contributed by atoms with van der Waals surface area (Å²) in [5.41, 5.74) is 0.262. The van der Waals surface area contributed by atoms with Crippen LogP contribution in [0.3, 0.4) is 0 Å². The highest BCUT2D eigenvalue weighted by Gasteiger charge is 2.21. The van der Waals surface area contributed by atoms with Gasteiger partial charge in [-0.05, 0) is 19.1 Å². The van der Waals surface area contributed by atoms with Crippen LogP contribution in [0.1, 0.15) is 5.69 Å². The smallest absolute Gasteiger partial charge is 0.299 e. The van der Waals surface area contributed by atoms with Gasteiger partial charge in [0.25, 0.3) is 11.1 Å². The zero-order valence-corrected chi connectivity index (χ0v) is 15.5. The van der Waals surface area contributed by atoms with E-state index in [1.54, 1.807) is 18.7 Å². The molecular formula is C17H16N6O3S. The topological polar surface area (TPSA) is 107 Å². The fourth-order valence-electron chi connectivity index (χ4n) is 2.91. The first-order valence-electron chi connectivity index (χ1n) is 8.21. The number of aromatic nitrogens is 4. The second-order valence-corrected chi connectivity index (χ2v) is 7.04. The molecule has 2 aromatic heterocycles. The van der Waals surface area contributed by atoms with E-state index < -0.39 is 11.4 Å². The number of para-hydroxylation sites is 1. The number of thioether (sulfide) groups is 1. The minimum absolute atomic E-state index is 0.0972. The second-order valence-electron chi connectivity index (χ2n) is 5.98. The van der Waals surface area contributed by atoms with Crippen molar-refractivity contribution in [3.05, 3.63) is 56.7 Å². The van der Waals surface area contributed by atoms with Crippen LogP contribution >= 0.6 is 11.8 Å². The minimum atomic E-state index is -0.485. The molecule has 0 aliphatic carbocycles. The molecule has 0 bridgehead atoms. The molecule has 0 spiro atoms. The number of rotatable bonds is 3. The van der Waals surface area contributed by atoms with Gasteiger partial charge in [-0.25, -0.2) is 4.68 Å². The van der Waals surface area contributed by atoms with E-state index in [0.29, 0.717) is 28.8 Å². The van der Waals surface area contributed by atoms with Crippen LogP contribution in [-0.2, 0) is 13.6 Å².